The van der Waals surface area contributed by atoms with Crippen LogP contribution in [0.1, 0.15) is 94.9 Å². The zero-order chi connectivity index (χ0) is 49.3. The molecule has 16 heteroatoms. The zero-order valence-corrected chi connectivity index (χ0v) is 42.1. The maximum Gasteiger partial charge on any atom is 0.311 e. The Morgan fingerprint density at radius 2 is 1.58 bits per heavy atom. The molecule has 0 spiro atoms. The van der Waals surface area contributed by atoms with Gasteiger partial charge in [0.2, 0.25) is 0 Å². The first-order valence-electron chi connectivity index (χ1n) is 24.1. The minimum Gasteiger partial charge on any atom is -0.494 e. The van der Waals surface area contributed by atoms with Crippen molar-refractivity contribution in [1.29, 1.82) is 0 Å². The average Bonchev–Trinajstić information content (AvgIpc) is 3.59. The van der Waals surface area contributed by atoms with E-state index in [2.05, 4.69) is 0 Å². The van der Waals surface area contributed by atoms with Gasteiger partial charge in [0, 0.05) is 32.0 Å². The summed E-state index contributed by atoms with van der Waals surface area (Å²) in [6, 6.07) is 15.2. The molecular formula is C51H79N3O13. The zero-order valence-electron chi connectivity index (χ0n) is 42.1. The Hall–Kier alpha value is -3.42. The fraction of sp³-hybridized carbons (Fsp3) is 0.725. The topological polar surface area (TPSA) is 191 Å². The molecular weight excluding hydrogens is 863 g/mol. The second-order valence-corrected chi connectivity index (χ2v) is 20.6. The summed E-state index contributed by atoms with van der Waals surface area (Å²) in [5, 5.41) is 48.5. The van der Waals surface area contributed by atoms with Crippen molar-refractivity contribution in [2.45, 2.75) is 185 Å². The monoisotopic (exact) mass is 942 g/mol. The number of hydrogen-bond donors (Lipinski definition) is 4. The van der Waals surface area contributed by atoms with Gasteiger partial charge in [0.1, 0.15) is 35.3 Å². The van der Waals surface area contributed by atoms with E-state index >= 15 is 0 Å². The molecule has 18 atom stereocenters. The van der Waals surface area contributed by atoms with Crippen LogP contribution in [0.15, 0.2) is 53.5 Å². The number of aliphatic hydroxyl groups is 4. The molecule has 0 amide bonds. The fourth-order valence-corrected chi connectivity index (χ4v) is 10.9. The van der Waals surface area contributed by atoms with Gasteiger partial charge in [0.05, 0.1) is 54.7 Å². The van der Waals surface area contributed by atoms with Crippen LogP contribution in [0.4, 0.5) is 5.69 Å². The molecule has 376 valence electrons. The molecule has 4 N–H and O–H groups in total. The van der Waals surface area contributed by atoms with E-state index in [1.807, 2.05) is 107 Å². The molecule has 0 radical (unpaired) electrons. The summed E-state index contributed by atoms with van der Waals surface area (Å²) in [5.41, 5.74) is -1.94. The minimum absolute atomic E-state index is 0.122. The molecule has 6 rings (SSSR count). The third-order valence-electron chi connectivity index (χ3n) is 14.9. The van der Waals surface area contributed by atoms with Crippen LogP contribution in [0.2, 0.25) is 0 Å². The molecule has 4 heterocycles. The average molecular weight is 942 g/mol. The number of cyclic esters (lactones) is 1. The van der Waals surface area contributed by atoms with Crippen molar-refractivity contribution in [2.24, 2.45) is 22.7 Å². The Balaban J connectivity index is 1.44. The molecule has 4 aliphatic rings. The van der Waals surface area contributed by atoms with Crippen LogP contribution >= 0.6 is 0 Å². The van der Waals surface area contributed by atoms with E-state index < -0.39 is 96.0 Å². The largest absolute Gasteiger partial charge is 0.494 e. The van der Waals surface area contributed by atoms with Gasteiger partial charge in [-0.25, -0.2) is 0 Å². The number of likely N-dealkylation sites (N-methyl/N-ethyl adjacent to an activating group) is 1. The number of carbonyl (C=O) groups excluding carboxylic acids is 1. The summed E-state index contributed by atoms with van der Waals surface area (Å²) in [7, 11) is 6.89. The molecule has 0 saturated carbocycles. The number of rotatable bonds is 10. The minimum atomic E-state index is -1.73. The number of hydrogen-bond acceptors (Lipinski definition) is 15. The summed E-state index contributed by atoms with van der Waals surface area (Å²) in [6.45, 7) is 18.4. The van der Waals surface area contributed by atoms with Gasteiger partial charge >= 0.3 is 5.97 Å². The molecule has 0 aliphatic carbocycles. The molecule has 4 fully saturated rings. The number of benzene rings is 2. The van der Waals surface area contributed by atoms with E-state index in [4.69, 9.17) is 42.9 Å². The van der Waals surface area contributed by atoms with Gasteiger partial charge in [-0.3, -0.25) is 4.79 Å². The van der Waals surface area contributed by atoms with Gasteiger partial charge in [0.25, 0.3) is 6.02 Å². The van der Waals surface area contributed by atoms with Crippen LogP contribution in [-0.4, -0.2) is 167 Å². The number of aliphatic imine (C=N–C) groups is 1. The number of esters is 1. The molecule has 0 unspecified atom stereocenters. The maximum absolute atomic E-state index is 14.7. The van der Waals surface area contributed by atoms with Crippen molar-refractivity contribution in [3.63, 3.8) is 0 Å². The van der Waals surface area contributed by atoms with E-state index in [-0.39, 0.29) is 43.3 Å². The lowest BCUT2D eigenvalue weighted by atomic mass is 9.77. The van der Waals surface area contributed by atoms with Crippen LogP contribution < -0.4 is 4.74 Å². The second kappa shape index (κ2) is 21.3. The van der Waals surface area contributed by atoms with Crippen LogP contribution in [0.25, 0.3) is 11.1 Å². The first-order chi connectivity index (χ1) is 31.5. The summed E-state index contributed by atoms with van der Waals surface area (Å²) in [6.07, 6.45) is -8.15. The van der Waals surface area contributed by atoms with Crippen molar-refractivity contribution in [3.05, 3.63) is 48.5 Å². The molecule has 4 saturated heterocycles. The van der Waals surface area contributed by atoms with Crippen molar-refractivity contribution in [3.8, 4) is 16.9 Å². The Morgan fingerprint density at radius 3 is 2.21 bits per heavy atom. The normalized spacial score (nSPS) is 41.9. The van der Waals surface area contributed by atoms with E-state index in [1.165, 1.54) is 7.11 Å². The molecule has 2 bridgehead atoms. The van der Waals surface area contributed by atoms with Crippen molar-refractivity contribution >= 4 is 17.7 Å². The van der Waals surface area contributed by atoms with E-state index in [0.717, 1.165) is 11.1 Å². The van der Waals surface area contributed by atoms with E-state index in [9.17, 15) is 25.2 Å². The van der Waals surface area contributed by atoms with Gasteiger partial charge < -0.3 is 68.1 Å². The first kappa shape index (κ1) is 52.9. The number of nitrogens with zero attached hydrogens (tertiary/aromatic N) is 3. The number of amidine groups is 1. The van der Waals surface area contributed by atoms with Crippen molar-refractivity contribution < 1.29 is 63.1 Å². The predicted octanol–water partition coefficient (Wildman–Crippen LogP) is 5.67. The number of carbonyl (C=O) groups is 1. The van der Waals surface area contributed by atoms with Crippen LogP contribution in [-0.2, 0) is 38.0 Å². The molecule has 0 aromatic heterocycles. The Morgan fingerprint density at radius 1 is 0.896 bits per heavy atom. The highest BCUT2D eigenvalue weighted by molar-refractivity contribution is 5.82. The lowest BCUT2D eigenvalue weighted by Crippen LogP contribution is -2.60. The maximum atomic E-state index is 14.7. The summed E-state index contributed by atoms with van der Waals surface area (Å²) >= 11 is 0. The summed E-state index contributed by atoms with van der Waals surface area (Å²) in [4.78, 5) is 23.7. The number of ether oxygens (including phenoxy) is 8. The van der Waals surface area contributed by atoms with Gasteiger partial charge in [-0.15, -0.1) is 0 Å². The summed E-state index contributed by atoms with van der Waals surface area (Å²) in [5.74, 6) is -2.24. The van der Waals surface area contributed by atoms with Crippen molar-refractivity contribution in [1.82, 2.24) is 9.80 Å². The molecule has 16 nitrogen and oxygen atoms in total. The molecule has 67 heavy (non-hydrogen) atoms. The van der Waals surface area contributed by atoms with Crippen LogP contribution in [0.5, 0.6) is 5.75 Å². The quantitative estimate of drug-likeness (QED) is 0.213. The Bertz CT molecular complexity index is 1990. The van der Waals surface area contributed by atoms with Crippen molar-refractivity contribution in [2.75, 3.05) is 34.9 Å². The smallest absolute Gasteiger partial charge is 0.311 e. The van der Waals surface area contributed by atoms with Gasteiger partial charge in [-0.2, -0.15) is 4.99 Å². The third-order valence-corrected chi connectivity index (χ3v) is 14.9. The molecule has 4 aliphatic heterocycles. The van der Waals surface area contributed by atoms with Gasteiger partial charge in [-0.1, -0.05) is 57.2 Å². The standard InChI is InChI=1S/C51H79N3O13/c1-15-39-51(10,59)45-32(6)54(48(67-45)52-36-22-21-35(24-38(36)60-13)34-19-17-16-18-20-34)27-28(2)25-49(8,58)44(66-47-41(55)37(53(11)12)23-29(3)62-47)30(4)42(31(5)46(57)64-39)65-40-26-50(9,61-14)43(56)33(7)63-40/h16-22,24,28-33,37,39-45,47,55-56,58-59H,15,23,25-27H2,1-14H3/t28-,29-,30+,31-,32-,33+,37+,39-,40-,41-,42+,43+,44-,45-,47+,49-,50-,51-/m1/s1. The van der Waals surface area contributed by atoms with Crippen LogP contribution in [0, 0.1) is 17.8 Å². The van der Waals surface area contributed by atoms with Crippen LogP contribution in [0.3, 0.4) is 0 Å². The number of aliphatic hydroxyl groups excluding tert-OH is 2. The SMILES string of the molecule is CC[C@H]1OC(=O)[C@H](C)[C@@H](O[C@@H]2C[C@@](C)(OC)[C@@H](O)[C@H](C)O2)[C@H](C)[C@@H](O[C@@H]2O[C@H](C)C[C@H](N(C)C)[C@H]2O)[C@](C)(O)C[C@@H](C)CN2C(=Nc3ccc(-c4ccccc4)cc3OC)O[C@H]([C@H]2C)[C@]1(C)O. The van der Waals surface area contributed by atoms with Gasteiger partial charge in [-0.05, 0) is 111 Å². The number of methoxy groups -OCH3 is 2. The first-order valence-corrected chi connectivity index (χ1v) is 24.1. The molecule has 2 aromatic carbocycles. The lowest BCUT2D eigenvalue weighted by molar-refractivity contribution is -0.318. The van der Waals surface area contributed by atoms with E-state index in [0.29, 0.717) is 24.4 Å². The molecule has 2 aromatic rings. The summed E-state index contributed by atoms with van der Waals surface area (Å²) < 4.78 is 51.0. The Labute approximate surface area is 397 Å². The third kappa shape index (κ3) is 11.3. The Kier molecular flexibility index (Phi) is 16.8. The lowest BCUT2D eigenvalue weighted by Gasteiger charge is -2.48. The highest BCUT2D eigenvalue weighted by Crippen LogP contribution is 2.42. The highest BCUT2D eigenvalue weighted by Gasteiger charge is 2.55. The highest BCUT2D eigenvalue weighted by atomic mass is 16.7. The predicted molar refractivity (Wildman–Crippen MR) is 253 cm³/mol. The van der Waals surface area contributed by atoms with Gasteiger partial charge in [0.15, 0.2) is 18.7 Å². The number of fused-ring (bicyclic) bond motifs is 2. The second-order valence-electron chi connectivity index (χ2n) is 20.6. The van der Waals surface area contributed by atoms with E-state index in [1.54, 1.807) is 41.7 Å². The fourth-order valence-electron chi connectivity index (χ4n) is 10.9.